The first kappa shape index (κ1) is 21.8. The van der Waals surface area contributed by atoms with E-state index in [0.29, 0.717) is 32.9 Å². The number of carbonyl (C=O) groups excluding carboxylic acids is 2. The second-order valence-electron chi connectivity index (χ2n) is 7.65. The van der Waals surface area contributed by atoms with Crippen LogP contribution in [0.4, 0.5) is 5.13 Å². The topological polar surface area (TPSA) is 98.9 Å². The molecule has 1 aliphatic heterocycles. The number of thiazole rings is 1. The molecular formula is C25H20N2O6S. The average Bonchev–Trinajstić information content (AvgIpc) is 3.37. The Morgan fingerprint density at radius 3 is 2.59 bits per heavy atom. The lowest BCUT2D eigenvalue weighted by atomic mass is 9.98. The Morgan fingerprint density at radius 2 is 1.88 bits per heavy atom. The van der Waals surface area contributed by atoms with E-state index in [1.165, 1.54) is 4.90 Å². The van der Waals surface area contributed by atoms with Crippen molar-refractivity contribution in [3.63, 3.8) is 0 Å². The Kier molecular flexibility index (Phi) is 5.41. The van der Waals surface area contributed by atoms with Crippen molar-refractivity contribution in [1.29, 1.82) is 0 Å². The molecule has 1 aliphatic rings. The zero-order chi connectivity index (χ0) is 24.0. The van der Waals surface area contributed by atoms with Gasteiger partial charge < -0.3 is 13.9 Å². The molecule has 0 fully saturated rings. The van der Waals surface area contributed by atoms with Gasteiger partial charge in [0.05, 0.1) is 36.4 Å². The number of fused-ring (bicyclic) bond motifs is 2. The summed E-state index contributed by atoms with van der Waals surface area (Å²) in [4.78, 5) is 45.8. The number of anilines is 1. The number of rotatable bonds is 5. The van der Waals surface area contributed by atoms with Gasteiger partial charge in [0.1, 0.15) is 16.2 Å². The summed E-state index contributed by atoms with van der Waals surface area (Å²) in [6.07, 6.45) is 0. The number of methoxy groups -OCH3 is 1. The number of para-hydroxylation sites is 1. The van der Waals surface area contributed by atoms with Gasteiger partial charge in [-0.1, -0.05) is 35.6 Å². The lowest BCUT2D eigenvalue weighted by Gasteiger charge is -2.22. The van der Waals surface area contributed by atoms with Crippen LogP contribution < -0.4 is 15.1 Å². The molecule has 2 aromatic heterocycles. The van der Waals surface area contributed by atoms with Crippen LogP contribution in [-0.4, -0.2) is 30.6 Å². The van der Waals surface area contributed by atoms with E-state index in [4.69, 9.17) is 13.9 Å². The number of carbonyl (C=O) groups is 2. The molecule has 3 heterocycles. The van der Waals surface area contributed by atoms with Crippen molar-refractivity contribution in [2.45, 2.75) is 19.9 Å². The number of nitrogens with zero attached hydrogens (tertiary/aromatic N) is 2. The maximum Gasteiger partial charge on any atom is 0.350 e. The zero-order valence-corrected chi connectivity index (χ0v) is 19.5. The SMILES string of the molecule is CCOC(=O)c1sc(N2C(=O)c3oc4ccccc4c(=O)c3[C@H]2c2ccc(OC)cc2)nc1C. The van der Waals surface area contributed by atoms with Gasteiger partial charge in [0.2, 0.25) is 5.76 Å². The third kappa shape index (κ3) is 3.36. The van der Waals surface area contributed by atoms with Crippen molar-refractivity contribution >= 4 is 39.3 Å². The molecule has 0 saturated carbocycles. The number of esters is 1. The first-order valence-corrected chi connectivity index (χ1v) is 11.4. The molecule has 5 rings (SSSR count). The van der Waals surface area contributed by atoms with Crippen LogP contribution >= 0.6 is 11.3 Å². The Labute approximate surface area is 198 Å². The number of aryl methyl sites for hydroxylation is 1. The summed E-state index contributed by atoms with van der Waals surface area (Å²) in [5.41, 5.74) is 1.41. The van der Waals surface area contributed by atoms with Crippen LogP contribution in [-0.2, 0) is 4.74 Å². The highest BCUT2D eigenvalue weighted by Crippen LogP contribution is 2.43. The molecule has 9 heteroatoms. The second kappa shape index (κ2) is 8.42. The van der Waals surface area contributed by atoms with Crippen LogP contribution in [0, 0.1) is 6.92 Å². The second-order valence-corrected chi connectivity index (χ2v) is 8.63. The molecule has 4 aromatic rings. The summed E-state index contributed by atoms with van der Waals surface area (Å²) in [6, 6.07) is 13.1. The van der Waals surface area contributed by atoms with E-state index >= 15 is 0 Å². The summed E-state index contributed by atoms with van der Waals surface area (Å²) in [5.74, 6) is -0.396. The normalized spacial score (nSPS) is 15.0. The molecule has 1 amide bonds. The summed E-state index contributed by atoms with van der Waals surface area (Å²) >= 11 is 1.05. The van der Waals surface area contributed by atoms with Crippen molar-refractivity contribution in [1.82, 2.24) is 4.98 Å². The van der Waals surface area contributed by atoms with E-state index in [0.717, 1.165) is 11.3 Å². The predicted molar refractivity (Wildman–Crippen MR) is 127 cm³/mol. The first-order chi connectivity index (χ1) is 16.4. The van der Waals surface area contributed by atoms with E-state index in [2.05, 4.69) is 4.98 Å². The van der Waals surface area contributed by atoms with Gasteiger partial charge in [0, 0.05) is 0 Å². The smallest absolute Gasteiger partial charge is 0.350 e. The Bertz CT molecular complexity index is 1490. The fourth-order valence-electron chi connectivity index (χ4n) is 4.09. The molecule has 0 aliphatic carbocycles. The number of hydrogen-bond acceptors (Lipinski definition) is 8. The van der Waals surface area contributed by atoms with Gasteiger partial charge in [-0.2, -0.15) is 0 Å². The van der Waals surface area contributed by atoms with Crippen molar-refractivity contribution in [3.05, 3.63) is 86.2 Å². The Balaban J connectivity index is 1.73. The highest BCUT2D eigenvalue weighted by molar-refractivity contribution is 7.17. The van der Waals surface area contributed by atoms with Crippen LogP contribution in [0.3, 0.4) is 0 Å². The highest BCUT2D eigenvalue weighted by atomic mass is 32.1. The Hall–Kier alpha value is -3.98. The van der Waals surface area contributed by atoms with Crippen LogP contribution in [0.5, 0.6) is 5.75 Å². The third-order valence-electron chi connectivity index (χ3n) is 5.66. The predicted octanol–water partition coefficient (Wildman–Crippen LogP) is 4.49. The van der Waals surface area contributed by atoms with E-state index in [9.17, 15) is 14.4 Å². The van der Waals surface area contributed by atoms with Gasteiger partial charge in [-0.3, -0.25) is 14.5 Å². The Morgan fingerprint density at radius 1 is 1.15 bits per heavy atom. The van der Waals surface area contributed by atoms with Gasteiger partial charge >= 0.3 is 5.97 Å². The van der Waals surface area contributed by atoms with E-state index < -0.39 is 17.9 Å². The molecule has 8 nitrogen and oxygen atoms in total. The summed E-state index contributed by atoms with van der Waals surface area (Å²) in [7, 11) is 1.56. The molecule has 0 N–H and O–H groups in total. The molecule has 0 radical (unpaired) electrons. The quantitative estimate of drug-likeness (QED) is 0.391. The van der Waals surface area contributed by atoms with Gasteiger partial charge in [-0.25, -0.2) is 9.78 Å². The molecule has 0 bridgehead atoms. The van der Waals surface area contributed by atoms with Crippen molar-refractivity contribution in [2.24, 2.45) is 0 Å². The molecule has 0 spiro atoms. The summed E-state index contributed by atoms with van der Waals surface area (Å²) in [5, 5.41) is 0.665. The van der Waals surface area contributed by atoms with Gasteiger partial charge in [-0.05, 0) is 43.7 Å². The maximum atomic E-state index is 13.6. The van der Waals surface area contributed by atoms with E-state index in [-0.39, 0.29) is 28.5 Å². The summed E-state index contributed by atoms with van der Waals surface area (Å²) < 4.78 is 16.3. The van der Waals surface area contributed by atoms with Crippen LogP contribution in [0.15, 0.2) is 57.7 Å². The van der Waals surface area contributed by atoms with Gasteiger partial charge in [0.15, 0.2) is 10.6 Å². The van der Waals surface area contributed by atoms with Crippen molar-refractivity contribution in [2.75, 3.05) is 18.6 Å². The number of ether oxygens (including phenoxy) is 2. The average molecular weight is 477 g/mol. The minimum atomic E-state index is -0.783. The minimum absolute atomic E-state index is 0.0324. The van der Waals surface area contributed by atoms with Gasteiger partial charge in [0.25, 0.3) is 5.91 Å². The first-order valence-electron chi connectivity index (χ1n) is 10.6. The molecular weight excluding hydrogens is 456 g/mol. The lowest BCUT2D eigenvalue weighted by molar-refractivity contribution is 0.0531. The van der Waals surface area contributed by atoms with Crippen LogP contribution in [0.25, 0.3) is 11.0 Å². The number of benzene rings is 2. The molecule has 172 valence electrons. The molecule has 34 heavy (non-hydrogen) atoms. The highest BCUT2D eigenvalue weighted by Gasteiger charge is 2.45. The van der Waals surface area contributed by atoms with E-state index in [1.54, 1.807) is 69.5 Å². The largest absolute Gasteiger partial charge is 0.497 e. The monoisotopic (exact) mass is 476 g/mol. The van der Waals surface area contributed by atoms with Gasteiger partial charge in [-0.15, -0.1) is 0 Å². The lowest BCUT2D eigenvalue weighted by Crippen LogP contribution is -2.29. The van der Waals surface area contributed by atoms with Crippen molar-refractivity contribution < 1.29 is 23.5 Å². The van der Waals surface area contributed by atoms with Crippen LogP contribution in [0.2, 0.25) is 0 Å². The zero-order valence-electron chi connectivity index (χ0n) is 18.7. The fourth-order valence-corrected chi connectivity index (χ4v) is 5.08. The number of amides is 1. The number of hydrogen-bond donors (Lipinski definition) is 0. The standard InChI is InChI=1S/C25H20N2O6S/c1-4-32-24(30)22-13(2)26-25(34-22)27-19(14-9-11-15(31-3)12-10-14)18-20(28)16-7-5-6-8-17(16)33-21(18)23(27)29/h5-12,19H,4H2,1-3H3/t19-/m1/s1. The molecule has 1 atom stereocenters. The fraction of sp³-hybridized carbons (Fsp3) is 0.200. The molecule has 2 aromatic carbocycles. The third-order valence-corrected chi connectivity index (χ3v) is 6.80. The molecule has 0 saturated heterocycles. The maximum absolute atomic E-state index is 13.6. The summed E-state index contributed by atoms with van der Waals surface area (Å²) in [6.45, 7) is 3.62. The van der Waals surface area contributed by atoms with Crippen LogP contribution in [0.1, 0.15) is 50.0 Å². The molecule has 0 unspecified atom stereocenters. The van der Waals surface area contributed by atoms with Crippen molar-refractivity contribution in [3.8, 4) is 5.75 Å². The number of aromatic nitrogens is 1. The van der Waals surface area contributed by atoms with E-state index in [1.807, 2.05) is 0 Å². The minimum Gasteiger partial charge on any atom is -0.497 e.